The maximum atomic E-state index is 10.7. The Morgan fingerprint density at radius 1 is 0.625 bits per heavy atom. The third kappa shape index (κ3) is 13.9. The van der Waals surface area contributed by atoms with Gasteiger partial charge < -0.3 is 41.7 Å². The van der Waals surface area contributed by atoms with Crippen molar-refractivity contribution in [3.05, 3.63) is 83.3 Å². The zero-order valence-corrected chi connectivity index (χ0v) is 46.9. The topological polar surface area (TPSA) is 140 Å². The number of aromatic amines is 1. The lowest BCUT2D eigenvalue weighted by molar-refractivity contribution is 0.00578. The Balaban J connectivity index is 0.000000184. The molecule has 0 aromatic carbocycles. The highest BCUT2D eigenvalue weighted by molar-refractivity contribution is 14.1. The standard InChI is InChI=1S/C14H18BNO3.C12H24B2O4.C8H6BrNO.C6H12Si.C5H3BrINO/c1-9-6-10-7-11(8-16-12(10)17-9)15-18-13(2,3)14(4,5)19-15;1-9(2)10(3,4)16-13(15-9)14-17-11(5,6)12(7,8)18-14;1-5-2-6-3-7(9)4-10-8(6)11-5;1-5-6-7(2,3)4;6-3-1-4(7)5(9)8-2-3/h6-8H,1-5H3;1-8H3;2-4H,1H3;1-4H3;1-2H,(H,8,9). The predicted octanol–water partition coefficient (Wildman–Crippen LogP) is 11.2. The zero-order chi connectivity index (χ0) is 48.4. The Morgan fingerprint density at radius 2 is 1.03 bits per heavy atom. The van der Waals surface area contributed by atoms with Gasteiger partial charge in [0.2, 0.25) is 11.4 Å². The van der Waals surface area contributed by atoms with Crippen molar-refractivity contribution in [2.24, 2.45) is 0 Å². The molecule has 0 radical (unpaired) electrons. The number of fused-ring (bicyclic) bond motifs is 2. The number of nitrogens with zero attached hydrogens (tertiary/aromatic N) is 2. The van der Waals surface area contributed by atoms with Crippen molar-refractivity contribution >= 4 is 111 Å². The Kier molecular flexibility index (Phi) is 17.4. The normalized spacial score (nSPS) is 19.5. The molecule has 64 heavy (non-hydrogen) atoms. The van der Waals surface area contributed by atoms with Crippen LogP contribution in [0.5, 0.6) is 0 Å². The van der Waals surface area contributed by atoms with Crippen LogP contribution in [-0.4, -0.2) is 77.8 Å². The monoisotopic (exact) mass is 1140 g/mol. The van der Waals surface area contributed by atoms with Crippen LogP contribution in [0.3, 0.4) is 0 Å². The molecular weight excluding hydrogens is 1070 g/mol. The molecule has 0 unspecified atom stereocenters. The molecule has 8 heterocycles. The van der Waals surface area contributed by atoms with Crippen molar-refractivity contribution in [2.45, 2.75) is 157 Å². The molecule has 3 saturated heterocycles. The molecule has 8 rings (SSSR count). The first-order valence-electron chi connectivity index (χ1n) is 21.1. The number of nitrogens with one attached hydrogen (secondary N) is 1. The van der Waals surface area contributed by atoms with E-state index in [2.05, 4.69) is 77.9 Å². The van der Waals surface area contributed by atoms with Gasteiger partial charge in [0.1, 0.15) is 19.6 Å². The quantitative estimate of drug-likeness (QED) is 0.103. The number of furan rings is 2. The highest BCUT2D eigenvalue weighted by atomic mass is 127. The number of hydrogen-bond donors (Lipinski definition) is 1. The van der Waals surface area contributed by atoms with Crippen molar-refractivity contribution in [1.29, 1.82) is 0 Å². The minimum Gasteiger partial charge on any atom is -0.443 e. The summed E-state index contributed by atoms with van der Waals surface area (Å²) in [7, 11) is -2.35. The van der Waals surface area contributed by atoms with Crippen molar-refractivity contribution in [3.63, 3.8) is 0 Å². The number of rotatable bonds is 2. The average molecular weight is 1140 g/mol. The van der Waals surface area contributed by atoms with Crippen LogP contribution in [0.15, 0.2) is 71.5 Å². The van der Waals surface area contributed by atoms with Crippen LogP contribution in [0.4, 0.5) is 0 Å². The molecule has 0 amide bonds. The molecule has 0 saturated carbocycles. The van der Waals surface area contributed by atoms with E-state index in [0.29, 0.717) is 15.0 Å². The first-order chi connectivity index (χ1) is 29.2. The predicted molar refractivity (Wildman–Crippen MR) is 277 cm³/mol. The minimum atomic E-state index is -1.02. The van der Waals surface area contributed by atoms with E-state index in [1.54, 1.807) is 24.7 Å². The molecule has 346 valence electrons. The van der Waals surface area contributed by atoms with E-state index in [1.165, 1.54) is 0 Å². The van der Waals surface area contributed by atoms with Crippen LogP contribution in [-0.2, 0) is 27.9 Å². The van der Waals surface area contributed by atoms with E-state index >= 15 is 0 Å². The van der Waals surface area contributed by atoms with E-state index < -0.39 is 22.1 Å². The maximum Gasteiger partial charge on any atom is 0.496 e. The van der Waals surface area contributed by atoms with Crippen LogP contribution in [0.2, 0.25) is 19.6 Å². The molecule has 3 fully saturated rings. The maximum absolute atomic E-state index is 10.7. The molecule has 3 aliphatic rings. The van der Waals surface area contributed by atoms with E-state index in [9.17, 15) is 4.79 Å². The van der Waals surface area contributed by atoms with Gasteiger partial charge in [-0.3, -0.25) is 4.79 Å². The second kappa shape index (κ2) is 20.5. The third-order valence-electron chi connectivity index (χ3n) is 11.6. The lowest BCUT2D eigenvalue weighted by Gasteiger charge is -2.32. The second-order valence-electron chi connectivity index (χ2n) is 19.9. The molecule has 0 spiro atoms. The van der Waals surface area contributed by atoms with Crippen molar-refractivity contribution in [2.75, 3.05) is 0 Å². The van der Waals surface area contributed by atoms with Crippen molar-refractivity contribution in [3.8, 4) is 11.5 Å². The smallest absolute Gasteiger partial charge is 0.443 e. The van der Waals surface area contributed by atoms with Crippen LogP contribution in [0.1, 0.15) is 102 Å². The third-order valence-corrected chi connectivity index (χ3v) is 14.3. The van der Waals surface area contributed by atoms with Crippen LogP contribution in [0.25, 0.3) is 22.2 Å². The summed E-state index contributed by atoms with van der Waals surface area (Å²) in [6, 6.07) is 9.70. The average Bonchev–Trinajstić information content (AvgIpc) is 3.87. The molecule has 3 aliphatic heterocycles. The van der Waals surface area contributed by atoms with Crippen LogP contribution < -0.4 is 11.0 Å². The zero-order valence-electron chi connectivity index (χ0n) is 40.6. The molecule has 5 aromatic rings. The Hall–Kier alpha value is -2.25. The number of aryl methyl sites for hydroxylation is 2. The first kappa shape index (κ1) is 54.4. The van der Waals surface area contributed by atoms with E-state index in [-0.39, 0.29) is 46.3 Å². The van der Waals surface area contributed by atoms with E-state index in [0.717, 1.165) is 36.7 Å². The molecule has 0 bridgehead atoms. The number of halogens is 3. The fourth-order valence-electron chi connectivity index (χ4n) is 6.02. The van der Waals surface area contributed by atoms with E-state index in [1.807, 2.05) is 151 Å². The Bertz CT molecular complexity index is 2440. The summed E-state index contributed by atoms with van der Waals surface area (Å²) in [5.74, 6) is 4.67. The van der Waals surface area contributed by atoms with Gasteiger partial charge in [0.15, 0.2) is 0 Å². The minimum absolute atomic E-state index is 0.0428. The van der Waals surface area contributed by atoms with Gasteiger partial charge >= 0.3 is 21.1 Å². The van der Waals surface area contributed by atoms with Gasteiger partial charge in [0.25, 0.3) is 5.56 Å². The van der Waals surface area contributed by atoms with Crippen LogP contribution in [0, 0.1) is 28.9 Å². The van der Waals surface area contributed by atoms with Gasteiger partial charge in [0.05, 0.1) is 37.2 Å². The van der Waals surface area contributed by atoms with Crippen molar-refractivity contribution < 1.29 is 36.8 Å². The molecule has 0 aliphatic carbocycles. The largest absolute Gasteiger partial charge is 0.496 e. The fourth-order valence-corrected chi connectivity index (χ4v) is 8.38. The summed E-state index contributed by atoms with van der Waals surface area (Å²) in [5.41, 5.74) is 3.30. The van der Waals surface area contributed by atoms with Gasteiger partial charge in [-0.15, -0.1) is 11.5 Å². The van der Waals surface area contributed by atoms with Gasteiger partial charge in [-0.1, -0.05) is 19.6 Å². The lowest BCUT2D eigenvalue weighted by atomic mass is 9.49. The molecular formula is C45H63B3Br2IN3O9Si. The molecule has 19 heteroatoms. The van der Waals surface area contributed by atoms with Gasteiger partial charge in [0, 0.05) is 43.8 Å². The van der Waals surface area contributed by atoms with Crippen LogP contribution >= 0.6 is 54.5 Å². The summed E-state index contributed by atoms with van der Waals surface area (Å²) in [4.78, 5) is 21.6. The Morgan fingerprint density at radius 3 is 1.41 bits per heavy atom. The summed E-state index contributed by atoms with van der Waals surface area (Å²) < 4.78 is 49.2. The molecule has 12 nitrogen and oxygen atoms in total. The number of hydrogen-bond acceptors (Lipinski definition) is 11. The highest BCUT2D eigenvalue weighted by Crippen LogP contribution is 2.43. The SMILES string of the molecule is CC#C[Si](C)(C)C.CC1(C)OB(B2OC(C)(C)C(C)(C)O2)OC1(C)C.Cc1cc2cc(B3OC(C)(C)C(C)(C)O3)cnc2o1.Cc1cc2cc(Br)cnc2o1.O=c1[nH]cc(Br)cc1I. The summed E-state index contributed by atoms with van der Waals surface area (Å²) in [5, 5.41) is 2.02. The lowest BCUT2D eigenvalue weighted by Crippen LogP contribution is -2.41. The van der Waals surface area contributed by atoms with Gasteiger partial charge in [-0.25, -0.2) is 9.97 Å². The molecule has 1 N–H and O–H groups in total. The van der Waals surface area contributed by atoms with E-state index in [4.69, 9.17) is 36.8 Å². The Labute approximate surface area is 412 Å². The first-order valence-corrected chi connectivity index (χ1v) is 27.3. The molecule has 5 aromatic heterocycles. The summed E-state index contributed by atoms with van der Waals surface area (Å²) in [6.45, 7) is 36.8. The number of H-pyrrole nitrogens is 1. The summed E-state index contributed by atoms with van der Waals surface area (Å²) >= 11 is 8.54. The van der Waals surface area contributed by atoms with Crippen molar-refractivity contribution in [1.82, 2.24) is 15.0 Å². The van der Waals surface area contributed by atoms with Gasteiger partial charge in [-0.2, -0.15) is 0 Å². The number of aromatic nitrogens is 3. The number of pyridine rings is 3. The van der Waals surface area contributed by atoms with Gasteiger partial charge in [-0.05, 0) is 189 Å². The second-order valence-corrected chi connectivity index (χ2v) is 27.6. The summed E-state index contributed by atoms with van der Waals surface area (Å²) in [6.07, 6.45) is 5.10. The fraction of sp³-hybridized carbons (Fsp3) is 0.533. The highest BCUT2D eigenvalue weighted by Gasteiger charge is 2.63. The molecule has 0 atom stereocenters.